The predicted octanol–water partition coefficient (Wildman–Crippen LogP) is 4.23. The van der Waals surface area contributed by atoms with Crippen molar-refractivity contribution in [3.05, 3.63) is 66.4 Å². The molecule has 0 aliphatic carbocycles. The van der Waals surface area contributed by atoms with Gasteiger partial charge in [0.05, 0.1) is 5.52 Å². The zero-order valence-corrected chi connectivity index (χ0v) is 12.8. The first-order chi connectivity index (χ1) is 10.8. The van der Waals surface area contributed by atoms with Crippen LogP contribution in [0.15, 0.2) is 60.8 Å². The number of rotatable bonds is 5. The molecule has 0 saturated carbocycles. The minimum absolute atomic E-state index is 0.0535. The predicted molar refractivity (Wildman–Crippen MR) is 91.0 cm³/mol. The summed E-state index contributed by atoms with van der Waals surface area (Å²) in [6.45, 7) is 3.04. The molecule has 22 heavy (non-hydrogen) atoms. The van der Waals surface area contributed by atoms with Gasteiger partial charge >= 0.3 is 0 Å². The number of hydrogen-bond donors (Lipinski definition) is 1. The zero-order valence-electron chi connectivity index (χ0n) is 12.8. The molecule has 1 heterocycles. The second-order valence-corrected chi connectivity index (χ2v) is 5.41. The van der Waals surface area contributed by atoms with E-state index in [4.69, 9.17) is 0 Å². The molecule has 0 saturated heterocycles. The lowest BCUT2D eigenvalue weighted by molar-refractivity contribution is -0.116. The van der Waals surface area contributed by atoms with E-state index in [1.54, 1.807) is 0 Å². The van der Waals surface area contributed by atoms with Gasteiger partial charge in [0.2, 0.25) is 5.91 Å². The summed E-state index contributed by atoms with van der Waals surface area (Å²) in [6.07, 6.45) is 3.34. The Bertz CT molecular complexity index is 774. The summed E-state index contributed by atoms with van der Waals surface area (Å²) in [4.78, 5) is 12.1. The van der Waals surface area contributed by atoms with Crippen molar-refractivity contribution in [2.75, 3.05) is 5.32 Å². The summed E-state index contributed by atoms with van der Waals surface area (Å²) in [5.74, 6) is 0.0535. The second kappa shape index (κ2) is 6.48. The first-order valence-corrected chi connectivity index (χ1v) is 7.69. The lowest BCUT2D eigenvalue weighted by Gasteiger charge is -2.07. The normalized spacial score (nSPS) is 10.8. The van der Waals surface area contributed by atoms with E-state index in [2.05, 4.69) is 29.1 Å². The van der Waals surface area contributed by atoms with E-state index in [9.17, 15) is 4.79 Å². The van der Waals surface area contributed by atoms with E-state index in [0.29, 0.717) is 6.42 Å². The Morgan fingerprint density at radius 3 is 2.68 bits per heavy atom. The number of hydrogen-bond acceptors (Lipinski definition) is 1. The summed E-state index contributed by atoms with van der Waals surface area (Å²) in [6, 6.07) is 18.2. The van der Waals surface area contributed by atoms with E-state index >= 15 is 0 Å². The molecule has 0 aliphatic rings. The number of carbonyl (C=O) groups is 1. The molecular weight excluding hydrogens is 272 g/mol. The number of carbonyl (C=O) groups excluding carboxylic acids is 1. The SMILES string of the molecule is CCn1ccc2ccc(NC(=O)CCc3ccccc3)cc21. The number of nitrogens with zero attached hydrogens (tertiary/aromatic N) is 1. The fraction of sp³-hybridized carbons (Fsp3) is 0.211. The van der Waals surface area contributed by atoms with Crippen molar-refractivity contribution < 1.29 is 4.79 Å². The number of aryl methyl sites for hydroxylation is 2. The lowest BCUT2D eigenvalue weighted by Crippen LogP contribution is -2.12. The Kier molecular flexibility index (Phi) is 4.24. The van der Waals surface area contributed by atoms with Crippen LogP contribution in [0.25, 0.3) is 10.9 Å². The average molecular weight is 292 g/mol. The van der Waals surface area contributed by atoms with Crippen molar-refractivity contribution >= 4 is 22.5 Å². The van der Waals surface area contributed by atoms with Crippen molar-refractivity contribution in [2.45, 2.75) is 26.3 Å². The third-order valence-corrected chi connectivity index (χ3v) is 3.88. The lowest BCUT2D eigenvalue weighted by atomic mass is 10.1. The van der Waals surface area contributed by atoms with Crippen LogP contribution in [0.4, 0.5) is 5.69 Å². The molecule has 0 atom stereocenters. The zero-order chi connectivity index (χ0) is 15.4. The van der Waals surface area contributed by atoms with Crippen LogP contribution in [0.2, 0.25) is 0 Å². The molecule has 112 valence electrons. The van der Waals surface area contributed by atoms with Gasteiger partial charge < -0.3 is 9.88 Å². The Morgan fingerprint density at radius 1 is 1.09 bits per heavy atom. The van der Waals surface area contributed by atoms with Crippen LogP contribution in [-0.2, 0) is 17.8 Å². The maximum absolute atomic E-state index is 12.1. The molecule has 3 heteroatoms. The van der Waals surface area contributed by atoms with Gasteiger partial charge in [0.25, 0.3) is 0 Å². The quantitative estimate of drug-likeness (QED) is 0.750. The maximum atomic E-state index is 12.1. The van der Waals surface area contributed by atoms with Gasteiger partial charge in [-0.25, -0.2) is 0 Å². The Labute approximate surface area is 130 Å². The van der Waals surface area contributed by atoms with Crippen LogP contribution in [0.5, 0.6) is 0 Å². The van der Waals surface area contributed by atoms with Gasteiger partial charge in [-0.1, -0.05) is 36.4 Å². The van der Waals surface area contributed by atoms with Gasteiger partial charge in [0.15, 0.2) is 0 Å². The van der Waals surface area contributed by atoms with Crippen LogP contribution in [0.1, 0.15) is 18.9 Å². The molecule has 3 nitrogen and oxygen atoms in total. The third-order valence-electron chi connectivity index (χ3n) is 3.88. The smallest absolute Gasteiger partial charge is 0.224 e. The van der Waals surface area contributed by atoms with Crippen LogP contribution < -0.4 is 5.32 Å². The molecule has 0 spiro atoms. The van der Waals surface area contributed by atoms with Crippen LogP contribution >= 0.6 is 0 Å². The molecule has 0 fully saturated rings. The fourth-order valence-corrected chi connectivity index (χ4v) is 2.66. The minimum atomic E-state index is 0.0535. The summed E-state index contributed by atoms with van der Waals surface area (Å²) >= 11 is 0. The molecule has 2 aromatic carbocycles. The average Bonchev–Trinajstić information content (AvgIpc) is 2.96. The molecular formula is C19H20N2O. The summed E-state index contributed by atoms with van der Waals surface area (Å²) in [5.41, 5.74) is 3.20. The Hall–Kier alpha value is -2.55. The molecule has 0 aliphatic heterocycles. The van der Waals surface area contributed by atoms with Crippen molar-refractivity contribution in [3.63, 3.8) is 0 Å². The monoisotopic (exact) mass is 292 g/mol. The van der Waals surface area contributed by atoms with E-state index < -0.39 is 0 Å². The standard InChI is InChI=1S/C19H20N2O/c1-2-21-13-12-16-9-10-17(14-18(16)21)20-19(22)11-8-15-6-4-3-5-7-15/h3-7,9-10,12-14H,2,8,11H2,1H3,(H,20,22). The summed E-state index contributed by atoms with van der Waals surface area (Å²) in [5, 5.41) is 4.19. The van der Waals surface area contributed by atoms with Gasteiger partial charge in [0.1, 0.15) is 0 Å². The highest BCUT2D eigenvalue weighted by molar-refractivity contribution is 5.93. The molecule has 3 aromatic rings. The van der Waals surface area contributed by atoms with Crippen molar-refractivity contribution in [1.29, 1.82) is 0 Å². The van der Waals surface area contributed by atoms with Gasteiger partial charge in [0, 0.05) is 24.8 Å². The van der Waals surface area contributed by atoms with Crippen molar-refractivity contribution in [1.82, 2.24) is 4.57 Å². The van der Waals surface area contributed by atoms with Crippen molar-refractivity contribution in [2.24, 2.45) is 0 Å². The molecule has 1 aromatic heterocycles. The highest BCUT2D eigenvalue weighted by Crippen LogP contribution is 2.20. The van der Waals surface area contributed by atoms with Gasteiger partial charge in [-0.15, -0.1) is 0 Å². The molecule has 1 N–H and O–H groups in total. The molecule has 1 amide bonds. The van der Waals surface area contributed by atoms with E-state index in [0.717, 1.165) is 24.2 Å². The number of aromatic nitrogens is 1. The van der Waals surface area contributed by atoms with Crippen LogP contribution in [-0.4, -0.2) is 10.5 Å². The topological polar surface area (TPSA) is 34.0 Å². The number of amides is 1. The summed E-state index contributed by atoms with van der Waals surface area (Å²) in [7, 11) is 0. The number of anilines is 1. The number of fused-ring (bicyclic) bond motifs is 1. The van der Waals surface area contributed by atoms with Gasteiger partial charge in [-0.05, 0) is 42.5 Å². The molecule has 0 unspecified atom stereocenters. The highest BCUT2D eigenvalue weighted by Gasteiger charge is 2.05. The van der Waals surface area contributed by atoms with E-state index in [1.807, 2.05) is 48.5 Å². The molecule has 0 bridgehead atoms. The van der Waals surface area contributed by atoms with Crippen LogP contribution in [0.3, 0.4) is 0 Å². The number of nitrogens with one attached hydrogen (secondary N) is 1. The first kappa shape index (κ1) is 14.4. The molecule has 0 radical (unpaired) electrons. The molecule has 3 rings (SSSR count). The van der Waals surface area contributed by atoms with E-state index in [1.165, 1.54) is 10.9 Å². The van der Waals surface area contributed by atoms with E-state index in [-0.39, 0.29) is 5.91 Å². The minimum Gasteiger partial charge on any atom is -0.348 e. The number of benzene rings is 2. The third kappa shape index (κ3) is 3.19. The largest absolute Gasteiger partial charge is 0.348 e. The Balaban J connectivity index is 1.66. The van der Waals surface area contributed by atoms with Gasteiger partial charge in [-0.2, -0.15) is 0 Å². The summed E-state index contributed by atoms with van der Waals surface area (Å²) < 4.78 is 2.18. The second-order valence-electron chi connectivity index (χ2n) is 5.41. The first-order valence-electron chi connectivity index (χ1n) is 7.69. The fourth-order valence-electron chi connectivity index (χ4n) is 2.66. The maximum Gasteiger partial charge on any atom is 0.224 e. The Morgan fingerprint density at radius 2 is 1.91 bits per heavy atom. The van der Waals surface area contributed by atoms with Gasteiger partial charge in [-0.3, -0.25) is 4.79 Å². The van der Waals surface area contributed by atoms with Crippen LogP contribution in [0, 0.1) is 0 Å². The van der Waals surface area contributed by atoms with Crippen molar-refractivity contribution in [3.8, 4) is 0 Å². The highest BCUT2D eigenvalue weighted by atomic mass is 16.1.